The normalized spacial score (nSPS) is 31.1. The summed E-state index contributed by atoms with van der Waals surface area (Å²) in [6.07, 6.45) is 8.61. The Labute approximate surface area is 121 Å². The molecule has 2 aliphatic rings. The number of nitrogens with one attached hydrogen (secondary N) is 1. The van der Waals surface area contributed by atoms with Gasteiger partial charge in [0.1, 0.15) is 0 Å². The van der Waals surface area contributed by atoms with Gasteiger partial charge in [0.25, 0.3) is 0 Å². The predicted molar refractivity (Wildman–Crippen MR) is 77.2 cm³/mol. The Morgan fingerprint density at radius 2 is 1.70 bits per heavy atom. The SMILES string of the molecule is CCC1C[C@H](C(=O)NCC2CCCCC2)[C@H](C(=O)O)C1. The summed E-state index contributed by atoms with van der Waals surface area (Å²) in [6, 6.07) is 0. The van der Waals surface area contributed by atoms with Crippen molar-refractivity contribution in [2.75, 3.05) is 6.54 Å². The number of hydrogen-bond acceptors (Lipinski definition) is 2. The van der Waals surface area contributed by atoms with Crippen molar-refractivity contribution in [3.8, 4) is 0 Å². The predicted octanol–water partition coefficient (Wildman–Crippen LogP) is 2.82. The number of hydrogen-bond donors (Lipinski definition) is 2. The Morgan fingerprint density at radius 1 is 1.05 bits per heavy atom. The maximum absolute atomic E-state index is 12.3. The first-order chi connectivity index (χ1) is 9.61. The van der Waals surface area contributed by atoms with E-state index >= 15 is 0 Å². The lowest BCUT2D eigenvalue weighted by Crippen LogP contribution is -2.38. The van der Waals surface area contributed by atoms with E-state index in [1.54, 1.807) is 0 Å². The fraction of sp³-hybridized carbons (Fsp3) is 0.875. The molecule has 2 aliphatic carbocycles. The van der Waals surface area contributed by atoms with Crippen LogP contribution in [0, 0.1) is 23.7 Å². The number of carboxylic acids is 1. The van der Waals surface area contributed by atoms with Gasteiger partial charge < -0.3 is 10.4 Å². The van der Waals surface area contributed by atoms with E-state index in [1.807, 2.05) is 0 Å². The summed E-state index contributed by atoms with van der Waals surface area (Å²) < 4.78 is 0. The molecule has 0 aliphatic heterocycles. The molecule has 2 rings (SSSR count). The Hall–Kier alpha value is -1.06. The molecule has 0 aromatic heterocycles. The molecule has 114 valence electrons. The van der Waals surface area contributed by atoms with Crippen LogP contribution in [-0.4, -0.2) is 23.5 Å². The molecule has 20 heavy (non-hydrogen) atoms. The Morgan fingerprint density at radius 3 is 2.30 bits per heavy atom. The van der Waals surface area contributed by atoms with Gasteiger partial charge in [0.05, 0.1) is 11.8 Å². The molecule has 1 unspecified atom stereocenters. The summed E-state index contributed by atoms with van der Waals surface area (Å²) in [5.41, 5.74) is 0. The highest BCUT2D eigenvalue weighted by Crippen LogP contribution is 2.38. The molecule has 0 heterocycles. The first kappa shape index (κ1) is 15.3. The van der Waals surface area contributed by atoms with Crippen LogP contribution in [-0.2, 0) is 9.59 Å². The lowest BCUT2D eigenvalue weighted by molar-refractivity contribution is -0.146. The third-order valence-corrected chi connectivity index (χ3v) is 5.18. The molecular weight excluding hydrogens is 254 g/mol. The molecule has 3 atom stereocenters. The van der Waals surface area contributed by atoms with Gasteiger partial charge in [-0.25, -0.2) is 0 Å². The second kappa shape index (κ2) is 7.09. The summed E-state index contributed by atoms with van der Waals surface area (Å²) in [5.74, 6) is -0.647. The lowest BCUT2D eigenvalue weighted by Gasteiger charge is -2.23. The summed E-state index contributed by atoms with van der Waals surface area (Å²) in [4.78, 5) is 23.6. The van der Waals surface area contributed by atoms with Gasteiger partial charge in [-0.15, -0.1) is 0 Å². The number of aliphatic carboxylic acids is 1. The summed E-state index contributed by atoms with van der Waals surface area (Å²) in [5, 5.41) is 12.3. The molecule has 0 spiro atoms. The van der Waals surface area contributed by atoms with Gasteiger partial charge in [0.2, 0.25) is 5.91 Å². The molecule has 0 bridgehead atoms. The van der Waals surface area contributed by atoms with Gasteiger partial charge in [-0.2, -0.15) is 0 Å². The smallest absolute Gasteiger partial charge is 0.307 e. The van der Waals surface area contributed by atoms with Crippen molar-refractivity contribution in [3.63, 3.8) is 0 Å². The fourth-order valence-electron chi connectivity index (χ4n) is 3.81. The zero-order valence-corrected chi connectivity index (χ0v) is 12.4. The molecule has 0 aromatic carbocycles. The van der Waals surface area contributed by atoms with Gasteiger partial charge in [0, 0.05) is 6.54 Å². The highest BCUT2D eigenvalue weighted by molar-refractivity contribution is 5.85. The van der Waals surface area contributed by atoms with Crippen molar-refractivity contribution in [1.29, 1.82) is 0 Å². The van der Waals surface area contributed by atoms with Crippen molar-refractivity contribution in [2.45, 2.75) is 58.3 Å². The first-order valence-corrected chi connectivity index (χ1v) is 8.12. The standard InChI is InChI=1S/C16H27NO3/c1-2-11-8-13(14(9-11)16(19)20)15(18)17-10-12-6-4-3-5-7-12/h11-14H,2-10H2,1H3,(H,17,18)(H,19,20)/t11?,13-,14+/m0/s1. The molecule has 2 saturated carbocycles. The van der Waals surface area contributed by atoms with Crippen LogP contribution < -0.4 is 5.32 Å². The van der Waals surface area contributed by atoms with Gasteiger partial charge >= 0.3 is 5.97 Å². The average molecular weight is 281 g/mol. The van der Waals surface area contributed by atoms with E-state index in [0.717, 1.165) is 19.4 Å². The number of carbonyl (C=O) groups is 2. The van der Waals surface area contributed by atoms with Crippen LogP contribution in [0.15, 0.2) is 0 Å². The van der Waals surface area contributed by atoms with Gasteiger partial charge in [-0.1, -0.05) is 32.6 Å². The van der Waals surface area contributed by atoms with E-state index < -0.39 is 11.9 Å². The van der Waals surface area contributed by atoms with E-state index in [9.17, 15) is 14.7 Å². The Bertz CT molecular complexity index is 350. The summed E-state index contributed by atoms with van der Waals surface area (Å²) in [6.45, 7) is 2.81. The molecule has 0 aromatic rings. The van der Waals surface area contributed by atoms with E-state index in [0.29, 0.717) is 18.3 Å². The average Bonchev–Trinajstić information content (AvgIpc) is 2.90. The van der Waals surface area contributed by atoms with E-state index in [2.05, 4.69) is 12.2 Å². The molecule has 0 radical (unpaired) electrons. The molecule has 2 N–H and O–H groups in total. The van der Waals surface area contributed by atoms with E-state index in [1.165, 1.54) is 32.1 Å². The van der Waals surface area contributed by atoms with E-state index in [4.69, 9.17) is 0 Å². The number of rotatable bonds is 5. The Balaban J connectivity index is 1.85. The minimum absolute atomic E-state index is 0.0288. The first-order valence-electron chi connectivity index (χ1n) is 8.12. The Kier molecular flexibility index (Phi) is 5.44. The minimum Gasteiger partial charge on any atom is -0.481 e. The third-order valence-electron chi connectivity index (χ3n) is 5.18. The van der Waals surface area contributed by atoms with Crippen molar-refractivity contribution in [2.24, 2.45) is 23.7 Å². The fourth-order valence-corrected chi connectivity index (χ4v) is 3.81. The maximum atomic E-state index is 12.3. The van der Waals surface area contributed by atoms with Crippen molar-refractivity contribution in [1.82, 2.24) is 5.32 Å². The number of amides is 1. The van der Waals surface area contributed by atoms with Crippen LogP contribution in [0.5, 0.6) is 0 Å². The van der Waals surface area contributed by atoms with Crippen molar-refractivity contribution in [3.05, 3.63) is 0 Å². The monoisotopic (exact) mass is 281 g/mol. The van der Waals surface area contributed by atoms with Gasteiger partial charge in [-0.05, 0) is 37.5 Å². The van der Waals surface area contributed by atoms with Crippen molar-refractivity contribution >= 4 is 11.9 Å². The lowest BCUT2D eigenvalue weighted by atomic mass is 9.89. The molecule has 2 fully saturated rings. The topological polar surface area (TPSA) is 66.4 Å². The van der Waals surface area contributed by atoms with Gasteiger partial charge in [-0.3, -0.25) is 9.59 Å². The quantitative estimate of drug-likeness (QED) is 0.814. The number of carbonyl (C=O) groups excluding carboxylic acids is 1. The third kappa shape index (κ3) is 3.74. The molecule has 0 saturated heterocycles. The van der Waals surface area contributed by atoms with Crippen LogP contribution in [0.3, 0.4) is 0 Å². The second-order valence-corrected chi connectivity index (χ2v) is 6.55. The zero-order chi connectivity index (χ0) is 14.5. The van der Waals surface area contributed by atoms with Crippen LogP contribution in [0.4, 0.5) is 0 Å². The highest BCUT2D eigenvalue weighted by atomic mass is 16.4. The maximum Gasteiger partial charge on any atom is 0.307 e. The van der Waals surface area contributed by atoms with Gasteiger partial charge in [0.15, 0.2) is 0 Å². The minimum atomic E-state index is -0.807. The molecule has 1 amide bonds. The highest BCUT2D eigenvalue weighted by Gasteiger charge is 2.42. The zero-order valence-electron chi connectivity index (χ0n) is 12.4. The number of carboxylic acid groups (broad SMARTS) is 1. The van der Waals surface area contributed by atoms with E-state index in [-0.39, 0.29) is 11.8 Å². The summed E-state index contributed by atoms with van der Waals surface area (Å²) >= 11 is 0. The summed E-state index contributed by atoms with van der Waals surface area (Å²) in [7, 11) is 0. The largest absolute Gasteiger partial charge is 0.481 e. The van der Waals surface area contributed by atoms with Crippen LogP contribution in [0.1, 0.15) is 58.3 Å². The van der Waals surface area contributed by atoms with Crippen LogP contribution >= 0.6 is 0 Å². The molecule has 4 nitrogen and oxygen atoms in total. The van der Waals surface area contributed by atoms with Crippen LogP contribution in [0.25, 0.3) is 0 Å². The van der Waals surface area contributed by atoms with Crippen molar-refractivity contribution < 1.29 is 14.7 Å². The van der Waals surface area contributed by atoms with Crippen LogP contribution in [0.2, 0.25) is 0 Å². The molecule has 4 heteroatoms. The molecular formula is C16H27NO3. The second-order valence-electron chi connectivity index (χ2n) is 6.55.